The van der Waals surface area contributed by atoms with Crippen molar-refractivity contribution in [1.29, 1.82) is 0 Å². The molecule has 4 heteroatoms. The minimum Gasteiger partial charge on any atom is -0.309 e. The molecule has 1 atom stereocenters. The van der Waals surface area contributed by atoms with E-state index < -0.39 is 0 Å². The standard InChI is InChI=1S/C15H17BrINS/c1-2-8-18-14(15-13(16)7-9-19-15)10-11-3-5-12(17)6-4-11/h3-7,9,14,18H,2,8,10H2,1H3. The molecule has 2 rings (SSSR count). The van der Waals surface area contributed by atoms with Crippen molar-refractivity contribution in [2.24, 2.45) is 0 Å². The van der Waals surface area contributed by atoms with Crippen LogP contribution in [-0.2, 0) is 6.42 Å². The zero-order chi connectivity index (χ0) is 13.7. The molecule has 0 radical (unpaired) electrons. The first-order chi connectivity index (χ1) is 9.20. The third-order valence-corrected chi connectivity index (χ3v) is 5.66. The predicted molar refractivity (Wildman–Crippen MR) is 95.9 cm³/mol. The van der Waals surface area contributed by atoms with Crippen molar-refractivity contribution in [3.63, 3.8) is 0 Å². The van der Waals surface area contributed by atoms with E-state index in [0.29, 0.717) is 6.04 Å². The zero-order valence-corrected chi connectivity index (χ0v) is 15.4. The average Bonchev–Trinajstić information content (AvgIpc) is 2.83. The number of nitrogens with one attached hydrogen (secondary N) is 1. The Morgan fingerprint density at radius 1 is 1.26 bits per heavy atom. The lowest BCUT2D eigenvalue weighted by Gasteiger charge is -2.18. The van der Waals surface area contributed by atoms with Crippen LogP contribution in [0.3, 0.4) is 0 Å². The van der Waals surface area contributed by atoms with Gasteiger partial charge in [0.25, 0.3) is 0 Å². The van der Waals surface area contributed by atoms with Crippen molar-refractivity contribution in [1.82, 2.24) is 5.32 Å². The van der Waals surface area contributed by atoms with Gasteiger partial charge in [-0.3, -0.25) is 0 Å². The van der Waals surface area contributed by atoms with Crippen LogP contribution in [0.25, 0.3) is 0 Å². The Kier molecular flexibility index (Phi) is 6.32. The summed E-state index contributed by atoms with van der Waals surface area (Å²) in [6.45, 7) is 3.26. The van der Waals surface area contributed by atoms with E-state index >= 15 is 0 Å². The second-order valence-electron chi connectivity index (χ2n) is 4.47. The number of rotatable bonds is 6. The summed E-state index contributed by atoms with van der Waals surface area (Å²) in [5.41, 5.74) is 1.38. The van der Waals surface area contributed by atoms with Crippen LogP contribution in [0.2, 0.25) is 0 Å². The molecule has 1 heterocycles. The van der Waals surface area contributed by atoms with Crippen LogP contribution in [0.15, 0.2) is 40.2 Å². The van der Waals surface area contributed by atoms with Gasteiger partial charge in [-0.15, -0.1) is 11.3 Å². The smallest absolute Gasteiger partial charge is 0.0467 e. The highest BCUT2D eigenvalue weighted by Crippen LogP contribution is 2.31. The molecule has 0 spiro atoms. The molecule has 1 nitrogen and oxygen atoms in total. The van der Waals surface area contributed by atoms with Crippen molar-refractivity contribution in [3.8, 4) is 0 Å². The summed E-state index contributed by atoms with van der Waals surface area (Å²) in [5.74, 6) is 0. The van der Waals surface area contributed by atoms with Crippen molar-refractivity contribution >= 4 is 49.9 Å². The Hall–Kier alpha value is 0.0900. The maximum Gasteiger partial charge on any atom is 0.0467 e. The third-order valence-electron chi connectivity index (χ3n) is 2.96. The normalized spacial score (nSPS) is 12.6. The minimum atomic E-state index is 0.398. The molecule has 2 aromatic rings. The van der Waals surface area contributed by atoms with E-state index in [9.17, 15) is 0 Å². The minimum absolute atomic E-state index is 0.398. The van der Waals surface area contributed by atoms with Gasteiger partial charge in [0.1, 0.15) is 0 Å². The number of halogens is 2. The number of hydrogen-bond acceptors (Lipinski definition) is 2. The highest BCUT2D eigenvalue weighted by Gasteiger charge is 2.15. The molecule has 0 aliphatic rings. The molecule has 0 aliphatic carbocycles. The Morgan fingerprint density at radius 3 is 2.58 bits per heavy atom. The second kappa shape index (κ2) is 7.76. The average molecular weight is 450 g/mol. The maximum atomic E-state index is 3.65. The molecule has 0 amide bonds. The second-order valence-corrected chi connectivity index (χ2v) is 7.52. The van der Waals surface area contributed by atoms with Gasteiger partial charge in [0, 0.05) is 19.0 Å². The zero-order valence-electron chi connectivity index (χ0n) is 10.8. The Morgan fingerprint density at radius 2 is 2.00 bits per heavy atom. The summed E-state index contributed by atoms with van der Waals surface area (Å²) in [6.07, 6.45) is 2.20. The van der Waals surface area contributed by atoms with Gasteiger partial charge in [-0.05, 0) is 87.0 Å². The summed E-state index contributed by atoms with van der Waals surface area (Å²) in [7, 11) is 0. The molecule has 0 fully saturated rings. The van der Waals surface area contributed by atoms with Gasteiger partial charge >= 0.3 is 0 Å². The molecule has 1 unspecified atom stereocenters. The summed E-state index contributed by atoms with van der Waals surface area (Å²) >= 11 is 7.82. The van der Waals surface area contributed by atoms with Gasteiger partial charge in [-0.2, -0.15) is 0 Å². The Labute approximate surface area is 141 Å². The highest BCUT2D eigenvalue weighted by molar-refractivity contribution is 14.1. The highest BCUT2D eigenvalue weighted by atomic mass is 127. The summed E-state index contributed by atoms with van der Waals surface area (Å²) in [5, 5.41) is 5.80. The quantitative estimate of drug-likeness (QED) is 0.582. The van der Waals surface area contributed by atoms with Crippen molar-refractivity contribution in [2.45, 2.75) is 25.8 Å². The fraction of sp³-hybridized carbons (Fsp3) is 0.333. The SMILES string of the molecule is CCCNC(Cc1ccc(I)cc1)c1sccc1Br. The molecule has 0 bridgehead atoms. The molecular weight excluding hydrogens is 433 g/mol. The third kappa shape index (κ3) is 4.55. The fourth-order valence-electron chi connectivity index (χ4n) is 1.99. The Balaban J connectivity index is 2.14. The van der Waals surface area contributed by atoms with E-state index in [1.54, 1.807) is 0 Å². The number of thiophene rings is 1. The lowest BCUT2D eigenvalue weighted by atomic mass is 10.0. The van der Waals surface area contributed by atoms with Gasteiger partial charge in [-0.25, -0.2) is 0 Å². The van der Waals surface area contributed by atoms with Crippen molar-refractivity contribution in [2.75, 3.05) is 6.54 Å². The lowest BCUT2D eigenvalue weighted by molar-refractivity contribution is 0.535. The lowest BCUT2D eigenvalue weighted by Crippen LogP contribution is -2.23. The van der Waals surface area contributed by atoms with E-state index in [-0.39, 0.29) is 0 Å². The first-order valence-electron chi connectivity index (χ1n) is 6.41. The first kappa shape index (κ1) is 15.5. The maximum absolute atomic E-state index is 3.65. The molecule has 1 aromatic carbocycles. The van der Waals surface area contributed by atoms with Crippen molar-refractivity contribution in [3.05, 3.63) is 54.2 Å². The molecular formula is C15H17BrINS. The van der Waals surface area contributed by atoms with Crippen LogP contribution < -0.4 is 5.32 Å². The van der Waals surface area contributed by atoms with Gasteiger partial charge in [0.2, 0.25) is 0 Å². The summed E-state index contributed by atoms with van der Waals surface area (Å²) < 4.78 is 2.51. The van der Waals surface area contributed by atoms with Crippen LogP contribution in [0.4, 0.5) is 0 Å². The monoisotopic (exact) mass is 449 g/mol. The largest absolute Gasteiger partial charge is 0.309 e. The number of benzene rings is 1. The van der Waals surface area contributed by atoms with Crippen LogP contribution in [0.5, 0.6) is 0 Å². The Bertz CT molecular complexity index is 509. The van der Waals surface area contributed by atoms with E-state index in [2.05, 4.69) is 86.5 Å². The molecule has 0 aliphatic heterocycles. The van der Waals surface area contributed by atoms with Crippen LogP contribution in [0.1, 0.15) is 29.8 Å². The molecule has 1 N–H and O–H groups in total. The molecule has 1 aromatic heterocycles. The molecule has 19 heavy (non-hydrogen) atoms. The first-order valence-corrected chi connectivity index (χ1v) is 9.16. The molecule has 102 valence electrons. The summed E-state index contributed by atoms with van der Waals surface area (Å²) in [6, 6.07) is 11.3. The van der Waals surface area contributed by atoms with Gasteiger partial charge in [-0.1, -0.05) is 19.1 Å². The van der Waals surface area contributed by atoms with E-state index in [0.717, 1.165) is 19.4 Å². The van der Waals surface area contributed by atoms with Crippen molar-refractivity contribution < 1.29 is 0 Å². The fourth-order valence-corrected chi connectivity index (χ4v) is 4.07. The number of hydrogen-bond donors (Lipinski definition) is 1. The molecule has 0 saturated carbocycles. The van der Waals surface area contributed by atoms with E-state index in [1.165, 1.54) is 18.5 Å². The van der Waals surface area contributed by atoms with E-state index in [4.69, 9.17) is 0 Å². The van der Waals surface area contributed by atoms with Crippen LogP contribution in [0, 0.1) is 3.57 Å². The van der Waals surface area contributed by atoms with Gasteiger partial charge in [0.05, 0.1) is 0 Å². The van der Waals surface area contributed by atoms with E-state index in [1.807, 2.05) is 11.3 Å². The van der Waals surface area contributed by atoms with Gasteiger partial charge in [0.15, 0.2) is 0 Å². The van der Waals surface area contributed by atoms with Crippen LogP contribution in [-0.4, -0.2) is 6.54 Å². The van der Waals surface area contributed by atoms with Gasteiger partial charge < -0.3 is 5.32 Å². The van der Waals surface area contributed by atoms with Crippen LogP contribution >= 0.6 is 49.9 Å². The predicted octanol–water partition coefficient (Wildman–Crippen LogP) is 5.40. The molecule has 0 saturated heterocycles. The topological polar surface area (TPSA) is 12.0 Å². The summed E-state index contributed by atoms with van der Waals surface area (Å²) in [4.78, 5) is 1.40.